The molecule has 88 valence electrons. The number of nitrogens with zero attached hydrogens (tertiary/aromatic N) is 1. The van der Waals surface area contributed by atoms with Gasteiger partial charge in [0.1, 0.15) is 5.15 Å². The first-order valence-corrected chi connectivity index (χ1v) is 6.30. The molecule has 1 aromatic heterocycles. The summed E-state index contributed by atoms with van der Waals surface area (Å²) < 4.78 is 1.70. The van der Waals surface area contributed by atoms with Crippen LogP contribution in [0.1, 0.15) is 0 Å². The third kappa shape index (κ3) is 2.56. The molecule has 0 atom stereocenters. The molecule has 0 aliphatic heterocycles. The fraction of sp³-hybridized carbons (Fsp3) is 0. The van der Waals surface area contributed by atoms with Gasteiger partial charge >= 0.3 is 5.69 Å². The summed E-state index contributed by atoms with van der Waals surface area (Å²) in [6.07, 6.45) is 0. The molecular formula is C10H5Cl2IN2O2. The van der Waals surface area contributed by atoms with E-state index in [9.17, 15) is 9.59 Å². The molecule has 0 aliphatic rings. The van der Waals surface area contributed by atoms with Crippen LogP contribution in [-0.2, 0) is 0 Å². The van der Waals surface area contributed by atoms with Crippen molar-refractivity contribution in [2.45, 2.75) is 0 Å². The number of rotatable bonds is 1. The number of aromatic amines is 1. The SMILES string of the molecule is O=c1cc(Cl)[nH]c(=O)n1-c1ccc(Cl)cc1I. The van der Waals surface area contributed by atoms with E-state index in [-0.39, 0.29) is 5.15 Å². The lowest BCUT2D eigenvalue weighted by Gasteiger charge is -2.06. The molecule has 1 N–H and O–H groups in total. The molecule has 0 aliphatic carbocycles. The van der Waals surface area contributed by atoms with E-state index in [0.29, 0.717) is 14.3 Å². The van der Waals surface area contributed by atoms with Gasteiger partial charge in [0.25, 0.3) is 5.56 Å². The topological polar surface area (TPSA) is 54.9 Å². The molecule has 0 radical (unpaired) electrons. The fourth-order valence-corrected chi connectivity index (χ4v) is 2.64. The summed E-state index contributed by atoms with van der Waals surface area (Å²) in [7, 11) is 0. The third-order valence-corrected chi connectivity index (χ3v) is 3.35. The molecule has 0 saturated carbocycles. The second-order valence-corrected chi connectivity index (χ2v) is 5.20. The van der Waals surface area contributed by atoms with Gasteiger partial charge in [-0.3, -0.25) is 9.78 Å². The van der Waals surface area contributed by atoms with E-state index < -0.39 is 11.2 Å². The number of halogens is 3. The Morgan fingerprint density at radius 3 is 2.47 bits per heavy atom. The highest BCUT2D eigenvalue weighted by Crippen LogP contribution is 2.19. The average molecular weight is 383 g/mol. The summed E-state index contributed by atoms with van der Waals surface area (Å²) in [6, 6.07) is 6.03. The van der Waals surface area contributed by atoms with Crippen molar-refractivity contribution in [1.29, 1.82) is 0 Å². The molecule has 1 heterocycles. The molecule has 0 unspecified atom stereocenters. The molecule has 2 aromatic rings. The van der Waals surface area contributed by atoms with Gasteiger partial charge in [-0.05, 0) is 40.8 Å². The maximum Gasteiger partial charge on any atom is 0.334 e. The Morgan fingerprint density at radius 2 is 1.88 bits per heavy atom. The maximum atomic E-state index is 11.7. The van der Waals surface area contributed by atoms with Crippen LogP contribution >= 0.6 is 45.8 Å². The Morgan fingerprint density at radius 1 is 1.18 bits per heavy atom. The summed E-state index contributed by atoms with van der Waals surface area (Å²) in [4.78, 5) is 25.8. The summed E-state index contributed by atoms with van der Waals surface area (Å²) in [5, 5.41) is 0.553. The van der Waals surface area contributed by atoms with Gasteiger partial charge in [-0.25, -0.2) is 9.36 Å². The van der Waals surface area contributed by atoms with E-state index >= 15 is 0 Å². The molecule has 0 bridgehead atoms. The van der Waals surface area contributed by atoms with Crippen LogP contribution in [0.5, 0.6) is 0 Å². The van der Waals surface area contributed by atoms with Gasteiger partial charge in [-0.1, -0.05) is 23.2 Å². The number of H-pyrrole nitrogens is 1. The van der Waals surface area contributed by atoms with Crippen LogP contribution in [0.3, 0.4) is 0 Å². The van der Waals surface area contributed by atoms with Crippen LogP contribution in [0.2, 0.25) is 10.2 Å². The van der Waals surface area contributed by atoms with Crippen molar-refractivity contribution in [3.05, 3.63) is 58.8 Å². The number of benzene rings is 1. The van der Waals surface area contributed by atoms with Crippen molar-refractivity contribution in [2.75, 3.05) is 0 Å². The molecule has 7 heteroatoms. The van der Waals surface area contributed by atoms with Crippen LogP contribution in [0.25, 0.3) is 5.69 Å². The maximum absolute atomic E-state index is 11.7. The summed E-state index contributed by atoms with van der Waals surface area (Å²) in [5.41, 5.74) is -0.598. The lowest BCUT2D eigenvalue weighted by molar-refractivity contribution is 0.872. The Hall–Kier alpha value is -0.790. The Labute approximate surface area is 119 Å². The number of hydrogen-bond donors (Lipinski definition) is 1. The lowest BCUT2D eigenvalue weighted by atomic mass is 10.3. The smallest absolute Gasteiger partial charge is 0.297 e. The van der Waals surface area contributed by atoms with Crippen molar-refractivity contribution >= 4 is 45.8 Å². The average Bonchev–Trinajstić information content (AvgIpc) is 2.19. The number of nitrogens with one attached hydrogen (secondary N) is 1. The minimum atomic E-state index is -0.581. The first kappa shape index (κ1) is 12.7. The fourth-order valence-electron chi connectivity index (χ4n) is 1.36. The minimum absolute atomic E-state index is 0.0141. The molecule has 2 rings (SSSR count). The van der Waals surface area contributed by atoms with Crippen molar-refractivity contribution < 1.29 is 0 Å². The van der Waals surface area contributed by atoms with Crippen molar-refractivity contribution in [3.63, 3.8) is 0 Å². The van der Waals surface area contributed by atoms with Crippen LogP contribution in [0.4, 0.5) is 0 Å². The highest BCUT2D eigenvalue weighted by Gasteiger charge is 2.09. The predicted molar refractivity (Wildman–Crippen MR) is 75.4 cm³/mol. The lowest BCUT2D eigenvalue weighted by Crippen LogP contribution is -2.33. The first-order valence-electron chi connectivity index (χ1n) is 4.46. The Kier molecular flexibility index (Phi) is 3.60. The van der Waals surface area contributed by atoms with Crippen molar-refractivity contribution in [1.82, 2.24) is 9.55 Å². The third-order valence-electron chi connectivity index (χ3n) is 2.05. The van der Waals surface area contributed by atoms with Crippen molar-refractivity contribution in [3.8, 4) is 5.69 Å². The first-order chi connectivity index (χ1) is 7.99. The van der Waals surface area contributed by atoms with Crippen LogP contribution < -0.4 is 11.2 Å². The molecule has 0 spiro atoms. The predicted octanol–water partition coefficient (Wildman–Crippen LogP) is 2.44. The molecule has 0 saturated heterocycles. The van der Waals surface area contributed by atoms with E-state index in [1.54, 1.807) is 18.2 Å². The van der Waals surface area contributed by atoms with Gasteiger partial charge in [0.2, 0.25) is 0 Å². The van der Waals surface area contributed by atoms with E-state index in [1.807, 2.05) is 22.6 Å². The largest absolute Gasteiger partial charge is 0.334 e. The van der Waals surface area contributed by atoms with Gasteiger partial charge in [-0.15, -0.1) is 0 Å². The second kappa shape index (κ2) is 4.83. The normalized spacial score (nSPS) is 10.5. The molecule has 0 fully saturated rings. The highest BCUT2D eigenvalue weighted by atomic mass is 127. The van der Waals surface area contributed by atoms with E-state index in [1.165, 1.54) is 0 Å². The zero-order valence-electron chi connectivity index (χ0n) is 8.21. The summed E-state index contributed by atoms with van der Waals surface area (Å²) in [5.74, 6) is 0. The van der Waals surface area contributed by atoms with E-state index in [2.05, 4.69) is 4.98 Å². The van der Waals surface area contributed by atoms with Gasteiger partial charge in [0, 0.05) is 14.7 Å². The summed E-state index contributed by atoms with van der Waals surface area (Å²) >= 11 is 13.4. The quantitative estimate of drug-likeness (QED) is 0.608. The Bertz CT molecular complexity index is 662. The standard InChI is InChI=1S/C10H5Cl2IN2O2/c11-5-1-2-7(6(13)3-5)15-9(16)4-8(12)14-10(15)17/h1-4H,(H,14,17). The van der Waals surface area contributed by atoms with Gasteiger partial charge < -0.3 is 0 Å². The molecule has 0 amide bonds. The monoisotopic (exact) mass is 382 g/mol. The van der Waals surface area contributed by atoms with E-state index in [0.717, 1.165) is 10.6 Å². The minimum Gasteiger partial charge on any atom is -0.297 e. The Balaban J connectivity index is 2.78. The van der Waals surface area contributed by atoms with Gasteiger partial charge in [-0.2, -0.15) is 0 Å². The van der Waals surface area contributed by atoms with Gasteiger partial charge in [0.15, 0.2) is 0 Å². The molecule has 17 heavy (non-hydrogen) atoms. The highest BCUT2D eigenvalue weighted by molar-refractivity contribution is 14.1. The van der Waals surface area contributed by atoms with Crippen LogP contribution in [0.15, 0.2) is 33.9 Å². The molecule has 4 nitrogen and oxygen atoms in total. The second-order valence-electron chi connectivity index (χ2n) is 3.19. The summed E-state index contributed by atoms with van der Waals surface area (Å²) in [6.45, 7) is 0. The number of aromatic nitrogens is 2. The molecule has 1 aromatic carbocycles. The number of hydrogen-bond acceptors (Lipinski definition) is 2. The van der Waals surface area contributed by atoms with Crippen LogP contribution in [0, 0.1) is 3.57 Å². The van der Waals surface area contributed by atoms with Crippen LogP contribution in [-0.4, -0.2) is 9.55 Å². The van der Waals surface area contributed by atoms with E-state index in [4.69, 9.17) is 23.2 Å². The zero-order chi connectivity index (χ0) is 12.6. The van der Waals surface area contributed by atoms with Gasteiger partial charge in [0.05, 0.1) is 5.69 Å². The molecular weight excluding hydrogens is 378 g/mol. The van der Waals surface area contributed by atoms with Crippen molar-refractivity contribution in [2.24, 2.45) is 0 Å². The zero-order valence-corrected chi connectivity index (χ0v) is 11.9.